The number of nitrogens with zero attached hydrogens (tertiary/aromatic N) is 1. The molecular formula is C11H11BrN2OS. The molecule has 0 aromatic heterocycles. The van der Waals surface area contributed by atoms with Gasteiger partial charge in [-0.3, -0.25) is 4.79 Å². The maximum absolute atomic E-state index is 11.2. The molecule has 0 spiro atoms. The number of hydrogen-bond acceptors (Lipinski definition) is 3. The van der Waals surface area contributed by atoms with Crippen LogP contribution in [0.5, 0.6) is 0 Å². The molecule has 0 aliphatic carbocycles. The Balaban J connectivity index is 2.27. The number of para-hydroxylation sites is 1. The molecular weight excluding hydrogens is 288 g/mol. The van der Waals surface area contributed by atoms with Crippen LogP contribution in [0.4, 0.5) is 5.69 Å². The minimum Gasteiger partial charge on any atom is -0.315 e. The van der Waals surface area contributed by atoms with Crippen molar-refractivity contribution in [3.05, 3.63) is 41.9 Å². The molecule has 3 nitrogen and oxygen atoms in total. The van der Waals surface area contributed by atoms with E-state index in [1.54, 1.807) is 0 Å². The van der Waals surface area contributed by atoms with E-state index in [9.17, 15) is 4.79 Å². The highest BCUT2D eigenvalue weighted by Crippen LogP contribution is 2.42. The second-order valence-corrected chi connectivity index (χ2v) is 6.12. The average molecular weight is 299 g/mol. The fourth-order valence-electron chi connectivity index (χ4n) is 1.48. The van der Waals surface area contributed by atoms with Crippen molar-refractivity contribution in [3.63, 3.8) is 0 Å². The first kappa shape index (κ1) is 11.5. The van der Waals surface area contributed by atoms with Crippen molar-refractivity contribution in [1.29, 1.82) is 0 Å². The number of carbonyl (C=O) groups is 1. The third-order valence-electron chi connectivity index (χ3n) is 2.11. The molecule has 0 radical (unpaired) electrons. The summed E-state index contributed by atoms with van der Waals surface area (Å²) in [4.78, 5) is 13.1. The van der Waals surface area contributed by atoms with Gasteiger partial charge in [0.25, 0.3) is 0 Å². The lowest BCUT2D eigenvalue weighted by Crippen LogP contribution is -2.49. The first-order valence-corrected chi connectivity index (χ1v) is 6.46. The standard InChI is InChI=1S/C11H11BrN2OS/c1-9(15)13-11(12)14(7-8-16-11)10-5-3-2-4-6-10/h2-8H,1H3,(H,13,15). The number of thioether (sulfide) groups is 1. The molecule has 16 heavy (non-hydrogen) atoms. The van der Waals surface area contributed by atoms with E-state index in [0.717, 1.165) is 5.69 Å². The van der Waals surface area contributed by atoms with Gasteiger partial charge < -0.3 is 10.2 Å². The number of amides is 1. The number of nitrogens with one attached hydrogen (secondary N) is 1. The predicted octanol–water partition coefficient (Wildman–Crippen LogP) is 2.85. The van der Waals surface area contributed by atoms with Crippen LogP contribution in [0.1, 0.15) is 6.92 Å². The lowest BCUT2D eigenvalue weighted by atomic mass is 10.3. The molecule has 1 atom stereocenters. The van der Waals surface area contributed by atoms with Crippen LogP contribution >= 0.6 is 27.7 Å². The number of halogens is 1. The molecule has 0 fully saturated rings. The van der Waals surface area contributed by atoms with E-state index in [-0.39, 0.29) is 5.91 Å². The monoisotopic (exact) mass is 298 g/mol. The number of carbonyl (C=O) groups excluding carboxylic acids is 1. The summed E-state index contributed by atoms with van der Waals surface area (Å²) < 4.78 is -0.611. The summed E-state index contributed by atoms with van der Waals surface area (Å²) in [6.07, 6.45) is 1.94. The largest absolute Gasteiger partial charge is 0.315 e. The molecule has 0 bridgehead atoms. The Bertz CT molecular complexity index is 423. The summed E-state index contributed by atoms with van der Waals surface area (Å²) in [6.45, 7) is 1.51. The lowest BCUT2D eigenvalue weighted by molar-refractivity contribution is -0.119. The van der Waals surface area contributed by atoms with E-state index in [1.165, 1.54) is 18.7 Å². The van der Waals surface area contributed by atoms with Crippen LogP contribution in [-0.2, 0) is 4.79 Å². The summed E-state index contributed by atoms with van der Waals surface area (Å²) in [5.41, 5.74) is 1.02. The second-order valence-electron chi connectivity index (χ2n) is 3.35. The van der Waals surface area contributed by atoms with Crippen LogP contribution in [0, 0.1) is 0 Å². The van der Waals surface area contributed by atoms with Crippen LogP contribution in [0.2, 0.25) is 0 Å². The Labute approximate surface area is 107 Å². The Morgan fingerprint density at radius 1 is 1.44 bits per heavy atom. The van der Waals surface area contributed by atoms with Gasteiger partial charge in [0, 0.05) is 18.8 Å². The van der Waals surface area contributed by atoms with Gasteiger partial charge in [0.2, 0.25) is 9.81 Å². The molecule has 1 aliphatic heterocycles. The zero-order valence-electron chi connectivity index (χ0n) is 8.68. The highest BCUT2D eigenvalue weighted by Gasteiger charge is 2.37. The Hall–Kier alpha value is -0.940. The first-order valence-electron chi connectivity index (χ1n) is 4.78. The van der Waals surface area contributed by atoms with Crippen molar-refractivity contribution < 1.29 is 4.79 Å². The summed E-state index contributed by atoms with van der Waals surface area (Å²) in [6, 6.07) is 9.88. The molecule has 1 unspecified atom stereocenters. The highest BCUT2D eigenvalue weighted by molar-refractivity contribution is 9.12. The number of anilines is 1. The molecule has 5 heteroatoms. The molecule has 2 rings (SSSR count). The van der Waals surface area contributed by atoms with E-state index in [1.807, 2.05) is 46.8 Å². The van der Waals surface area contributed by atoms with Gasteiger partial charge in [-0.25, -0.2) is 0 Å². The zero-order chi connectivity index (χ0) is 11.6. The SMILES string of the molecule is CC(=O)NC1(Br)SC=CN1c1ccccc1. The van der Waals surface area contributed by atoms with Crippen LogP contribution < -0.4 is 10.2 Å². The van der Waals surface area contributed by atoms with Crippen LogP contribution in [-0.4, -0.2) is 9.81 Å². The molecule has 0 saturated heterocycles. The minimum atomic E-state index is -0.611. The molecule has 1 amide bonds. The molecule has 1 aromatic rings. The second kappa shape index (κ2) is 4.51. The smallest absolute Gasteiger partial charge is 0.227 e. The van der Waals surface area contributed by atoms with Crippen molar-refractivity contribution in [2.24, 2.45) is 0 Å². The molecule has 0 saturated carbocycles. The van der Waals surface area contributed by atoms with Gasteiger partial charge in [-0.05, 0) is 33.5 Å². The van der Waals surface area contributed by atoms with Crippen molar-refractivity contribution in [2.45, 2.75) is 10.8 Å². The Morgan fingerprint density at radius 3 is 2.75 bits per heavy atom. The normalized spacial score (nSPS) is 23.5. The van der Waals surface area contributed by atoms with Crippen LogP contribution in [0.15, 0.2) is 41.9 Å². The summed E-state index contributed by atoms with van der Waals surface area (Å²) in [7, 11) is 0. The van der Waals surface area contributed by atoms with Crippen molar-refractivity contribution >= 4 is 39.3 Å². The summed E-state index contributed by atoms with van der Waals surface area (Å²) in [5, 5.41) is 4.81. The van der Waals surface area contributed by atoms with E-state index < -0.39 is 3.90 Å². The van der Waals surface area contributed by atoms with Crippen molar-refractivity contribution in [1.82, 2.24) is 5.32 Å². The van der Waals surface area contributed by atoms with Crippen molar-refractivity contribution in [2.75, 3.05) is 4.90 Å². The first-order chi connectivity index (χ1) is 7.62. The topological polar surface area (TPSA) is 32.3 Å². The van der Waals surface area contributed by atoms with E-state index >= 15 is 0 Å². The number of benzene rings is 1. The lowest BCUT2D eigenvalue weighted by Gasteiger charge is -2.33. The van der Waals surface area contributed by atoms with Crippen molar-refractivity contribution in [3.8, 4) is 0 Å². The van der Waals surface area contributed by atoms with Gasteiger partial charge in [-0.2, -0.15) is 0 Å². The highest BCUT2D eigenvalue weighted by atomic mass is 79.9. The van der Waals surface area contributed by atoms with E-state index in [2.05, 4.69) is 21.2 Å². The Morgan fingerprint density at radius 2 is 2.12 bits per heavy atom. The zero-order valence-corrected chi connectivity index (χ0v) is 11.1. The third-order valence-corrected chi connectivity index (χ3v) is 4.12. The molecule has 1 aromatic carbocycles. The Kier molecular flexibility index (Phi) is 3.25. The van der Waals surface area contributed by atoms with Crippen LogP contribution in [0.3, 0.4) is 0 Å². The van der Waals surface area contributed by atoms with Gasteiger partial charge in [-0.15, -0.1) is 0 Å². The molecule has 1 aliphatic rings. The van der Waals surface area contributed by atoms with E-state index in [4.69, 9.17) is 0 Å². The maximum atomic E-state index is 11.2. The van der Waals surface area contributed by atoms with Gasteiger partial charge >= 0.3 is 0 Å². The van der Waals surface area contributed by atoms with Gasteiger partial charge in [-0.1, -0.05) is 30.0 Å². The number of hydrogen-bond donors (Lipinski definition) is 1. The third kappa shape index (κ3) is 2.25. The fourth-order valence-corrected chi connectivity index (χ4v) is 3.25. The molecule has 84 valence electrons. The summed E-state index contributed by atoms with van der Waals surface area (Å²) >= 11 is 5.05. The fraction of sp³-hybridized carbons (Fsp3) is 0.182. The molecule has 1 heterocycles. The number of alkyl halides is 1. The predicted molar refractivity (Wildman–Crippen MR) is 71.1 cm³/mol. The maximum Gasteiger partial charge on any atom is 0.227 e. The molecule has 1 N–H and O–H groups in total. The minimum absolute atomic E-state index is 0.0750. The van der Waals surface area contributed by atoms with E-state index in [0.29, 0.717) is 0 Å². The van der Waals surface area contributed by atoms with Crippen LogP contribution in [0.25, 0.3) is 0 Å². The number of rotatable bonds is 2. The summed E-state index contributed by atoms with van der Waals surface area (Å²) in [5.74, 6) is -0.0750. The van der Waals surface area contributed by atoms with Gasteiger partial charge in [0.15, 0.2) is 0 Å². The average Bonchev–Trinajstić information content (AvgIpc) is 2.60. The quantitative estimate of drug-likeness (QED) is 0.673. The van der Waals surface area contributed by atoms with Gasteiger partial charge in [0.1, 0.15) is 0 Å². The van der Waals surface area contributed by atoms with Gasteiger partial charge in [0.05, 0.1) is 0 Å².